The van der Waals surface area contributed by atoms with Gasteiger partial charge in [0.2, 0.25) is 0 Å². The van der Waals surface area contributed by atoms with Crippen LogP contribution in [0, 0.1) is 19.7 Å². The maximum atomic E-state index is 13.0. The van der Waals surface area contributed by atoms with E-state index >= 15 is 0 Å². The van der Waals surface area contributed by atoms with Gasteiger partial charge in [-0.05, 0) is 50.6 Å². The largest absolute Gasteiger partial charge is 0.283 e. The number of hydrazone groups is 1. The molecule has 3 rings (SSSR count). The molecule has 2 N–H and O–H groups in total. The molecule has 2 aromatic carbocycles. The Morgan fingerprint density at radius 3 is 2.33 bits per heavy atom. The van der Waals surface area contributed by atoms with E-state index in [2.05, 4.69) is 20.2 Å². The summed E-state index contributed by atoms with van der Waals surface area (Å²) in [4.78, 5) is 16.9. The van der Waals surface area contributed by atoms with Crippen LogP contribution < -0.4 is 10.1 Å². The van der Waals surface area contributed by atoms with Crippen LogP contribution in [0.5, 0.6) is 0 Å². The standard InChI is InChI=1S/C20H19FN4O3S2/c1-12-4-10-17(11-5-12)30(27,28)25-20-22-14(3)18(29-20)19(26)24-23-13(2)15-6-8-16(21)9-7-15/h4-11H,1-3H3,(H,22,25)(H,24,26)/b23-13-. The Hall–Kier alpha value is -3.11. The molecule has 1 heterocycles. The minimum absolute atomic E-state index is 0.0810. The first-order chi connectivity index (χ1) is 14.2. The van der Waals surface area contributed by atoms with Crippen molar-refractivity contribution in [2.45, 2.75) is 25.7 Å². The Bertz CT molecular complexity index is 1200. The van der Waals surface area contributed by atoms with Gasteiger partial charge in [-0.25, -0.2) is 23.2 Å². The number of nitrogens with zero attached hydrogens (tertiary/aromatic N) is 2. The van der Waals surface area contributed by atoms with Gasteiger partial charge < -0.3 is 0 Å². The van der Waals surface area contributed by atoms with Crippen LogP contribution in [0.2, 0.25) is 0 Å². The molecule has 0 bridgehead atoms. The quantitative estimate of drug-likeness (QED) is 0.444. The summed E-state index contributed by atoms with van der Waals surface area (Å²) in [5.41, 5.74) is 4.87. The van der Waals surface area contributed by atoms with Crippen molar-refractivity contribution < 1.29 is 17.6 Å². The van der Waals surface area contributed by atoms with Crippen LogP contribution in [0.25, 0.3) is 0 Å². The molecule has 0 radical (unpaired) electrons. The van der Waals surface area contributed by atoms with Crippen molar-refractivity contribution in [1.29, 1.82) is 0 Å². The van der Waals surface area contributed by atoms with Gasteiger partial charge in [-0.1, -0.05) is 41.2 Å². The summed E-state index contributed by atoms with van der Waals surface area (Å²) in [7, 11) is -3.82. The van der Waals surface area contributed by atoms with Crippen LogP contribution in [-0.4, -0.2) is 25.0 Å². The van der Waals surface area contributed by atoms with Crippen molar-refractivity contribution >= 4 is 38.1 Å². The number of rotatable bonds is 6. The molecule has 3 aromatic rings. The number of amides is 1. The number of nitrogens with one attached hydrogen (secondary N) is 2. The second-order valence-electron chi connectivity index (χ2n) is 6.50. The number of hydrogen-bond donors (Lipinski definition) is 2. The Morgan fingerprint density at radius 2 is 1.70 bits per heavy atom. The SMILES string of the molecule is C/C(=N/NC(=O)c1sc(NS(=O)(=O)c2ccc(C)cc2)nc1C)c1ccc(F)cc1. The van der Waals surface area contributed by atoms with Gasteiger partial charge in [0.1, 0.15) is 10.7 Å². The van der Waals surface area contributed by atoms with E-state index in [1.54, 1.807) is 38.1 Å². The number of benzene rings is 2. The van der Waals surface area contributed by atoms with Gasteiger partial charge in [0.25, 0.3) is 15.9 Å². The second kappa shape index (κ2) is 8.72. The average Bonchev–Trinajstić information content (AvgIpc) is 3.06. The molecule has 0 unspecified atom stereocenters. The minimum Gasteiger partial charge on any atom is -0.266 e. The van der Waals surface area contributed by atoms with Gasteiger partial charge in [-0.3, -0.25) is 9.52 Å². The first kappa shape index (κ1) is 21.6. The third kappa shape index (κ3) is 5.08. The van der Waals surface area contributed by atoms with Gasteiger partial charge in [-0.2, -0.15) is 5.10 Å². The number of carbonyl (C=O) groups is 1. The number of hydrogen-bond acceptors (Lipinski definition) is 6. The van der Waals surface area contributed by atoms with E-state index in [0.717, 1.165) is 16.9 Å². The molecule has 0 aliphatic carbocycles. The molecule has 7 nitrogen and oxygen atoms in total. The zero-order valence-electron chi connectivity index (χ0n) is 16.4. The van der Waals surface area contributed by atoms with E-state index < -0.39 is 15.9 Å². The van der Waals surface area contributed by atoms with Gasteiger partial charge in [0.05, 0.1) is 16.3 Å². The lowest BCUT2D eigenvalue weighted by Crippen LogP contribution is -2.19. The normalized spacial score (nSPS) is 11.9. The molecule has 0 atom stereocenters. The monoisotopic (exact) mass is 446 g/mol. The molecule has 0 saturated carbocycles. The van der Waals surface area contributed by atoms with Crippen LogP contribution in [0.4, 0.5) is 9.52 Å². The van der Waals surface area contributed by atoms with Crippen LogP contribution in [0.15, 0.2) is 58.5 Å². The molecular formula is C20H19FN4O3S2. The molecule has 0 fully saturated rings. The Balaban J connectivity index is 1.73. The first-order valence-electron chi connectivity index (χ1n) is 8.83. The van der Waals surface area contributed by atoms with E-state index in [-0.39, 0.29) is 20.7 Å². The molecule has 0 spiro atoms. The number of anilines is 1. The molecule has 0 aliphatic heterocycles. The molecule has 1 amide bonds. The lowest BCUT2D eigenvalue weighted by atomic mass is 10.1. The van der Waals surface area contributed by atoms with Crippen LogP contribution in [0.1, 0.15) is 33.4 Å². The zero-order valence-corrected chi connectivity index (χ0v) is 18.1. The maximum Gasteiger partial charge on any atom is 0.283 e. The Morgan fingerprint density at radius 1 is 1.07 bits per heavy atom. The fraction of sp³-hybridized carbons (Fsp3) is 0.150. The van der Waals surface area contributed by atoms with Crippen molar-refractivity contribution in [2.24, 2.45) is 5.10 Å². The molecular weight excluding hydrogens is 427 g/mol. The first-order valence-corrected chi connectivity index (χ1v) is 11.1. The molecule has 156 valence electrons. The highest BCUT2D eigenvalue weighted by Crippen LogP contribution is 2.25. The van der Waals surface area contributed by atoms with E-state index in [1.165, 1.54) is 24.3 Å². The number of halogens is 1. The highest BCUT2D eigenvalue weighted by molar-refractivity contribution is 7.93. The predicted octanol–water partition coefficient (Wildman–Crippen LogP) is 3.85. The number of aromatic nitrogens is 1. The van der Waals surface area contributed by atoms with Crippen molar-refractivity contribution in [3.63, 3.8) is 0 Å². The van der Waals surface area contributed by atoms with Crippen molar-refractivity contribution in [3.05, 3.63) is 76.0 Å². The molecule has 0 aliphatic rings. The van der Waals surface area contributed by atoms with E-state index in [9.17, 15) is 17.6 Å². The average molecular weight is 447 g/mol. The van der Waals surface area contributed by atoms with Crippen molar-refractivity contribution in [2.75, 3.05) is 4.72 Å². The lowest BCUT2D eigenvalue weighted by molar-refractivity contribution is 0.0958. The summed E-state index contributed by atoms with van der Waals surface area (Å²) < 4.78 is 40.4. The molecule has 1 aromatic heterocycles. The summed E-state index contributed by atoms with van der Waals surface area (Å²) >= 11 is 0.909. The number of thiazole rings is 1. The van der Waals surface area contributed by atoms with E-state index in [0.29, 0.717) is 17.0 Å². The van der Waals surface area contributed by atoms with Crippen molar-refractivity contribution in [3.8, 4) is 0 Å². The highest BCUT2D eigenvalue weighted by atomic mass is 32.2. The summed E-state index contributed by atoms with van der Waals surface area (Å²) in [5.74, 6) is -0.885. The summed E-state index contributed by atoms with van der Waals surface area (Å²) in [6, 6.07) is 12.1. The number of aryl methyl sites for hydroxylation is 2. The van der Waals surface area contributed by atoms with Gasteiger partial charge in [0, 0.05) is 0 Å². The van der Waals surface area contributed by atoms with Crippen LogP contribution in [-0.2, 0) is 10.0 Å². The minimum atomic E-state index is -3.82. The number of carbonyl (C=O) groups excluding carboxylic acids is 1. The van der Waals surface area contributed by atoms with Crippen LogP contribution in [0.3, 0.4) is 0 Å². The zero-order chi connectivity index (χ0) is 21.9. The smallest absolute Gasteiger partial charge is 0.266 e. The summed E-state index contributed by atoms with van der Waals surface area (Å²) in [6.45, 7) is 5.14. The fourth-order valence-electron chi connectivity index (χ4n) is 2.48. The van der Waals surface area contributed by atoms with Crippen LogP contribution >= 0.6 is 11.3 Å². The molecule has 30 heavy (non-hydrogen) atoms. The fourth-order valence-corrected chi connectivity index (χ4v) is 4.57. The van der Waals surface area contributed by atoms with Gasteiger partial charge in [0.15, 0.2) is 5.13 Å². The predicted molar refractivity (Wildman–Crippen MR) is 115 cm³/mol. The van der Waals surface area contributed by atoms with Crippen molar-refractivity contribution in [1.82, 2.24) is 10.4 Å². The van der Waals surface area contributed by atoms with Gasteiger partial charge >= 0.3 is 0 Å². The van der Waals surface area contributed by atoms with Gasteiger partial charge in [-0.15, -0.1) is 0 Å². The Labute approximate surface area is 177 Å². The Kier molecular flexibility index (Phi) is 6.28. The molecule has 0 saturated heterocycles. The third-order valence-electron chi connectivity index (χ3n) is 4.14. The summed E-state index contributed by atoms with van der Waals surface area (Å²) in [6.07, 6.45) is 0. The molecule has 10 heteroatoms. The van der Waals surface area contributed by atoms with E-state index in [1.807, 2.05) is 6.92 Å². The maximum absolute atomic E-state index is 13.0. The lowest BCUT2D eigenvalue weighted by Gasteiger charge is -2.05. The summed E-state index contributed by atoms with van der Waals surface area (Å²) in [5, 5.41) is 4.10. The third-order valence-corrected chi connectivity index (χ3v) is 6.70. The van der Waals surface area contributed by atoms with E-state index in [4.69, 9.17) is 0 Å². The number of sulfonamides is 1. The highest BCUT2D eigenvalue weighted by Gasteiger charge is 2.20. The topological polar surface area (TPSA) is 101 Å². The second-order valence-corrected chi connectivity index (χ2v) is 9.18.